The van der Waals surface area contributed by atoms with Crippen molar-refractivity contribution in [2.24, 2.45) is 5.41 Å². The van der Waals surface area contributed by atoms with E-state index in [1.54, 1.807) is 0 Å². The van der Waals surface area contributed by atoms with Crippen LogP contribution in [0.15, 0.2) is 0 Å². The summed E-state index contributed by atoms with van der Waals surface area (Å²) in [6.07, 6.45) is 6.84. The molecule has 0 aromatic rings. The lowest BCUT2D eigenvalue weighted by atomic mass is 9.97. The Bertz CT molecular complexity index is 154. The summed E-state index contributed by atoms with van der Waals surface area (Å²) in [5.41, 5.74) is 0.420. The predicted octanol–water partition coefficient (Wildman–Crippen LogP) is 2.54. The summed E-state index contributed by atoms with van der Waals surface area (Å²) in [7, 11) is 0. The topological polar surface area (TPSA) is 24.1 Å². The fraction of sp³-hybridized carbons (Fsp3) is 1.00. The highest BCUT2D eigenvalue weighted by Gasteiger charge is 2.12. The summed E-state index contributed by atoms with van der Waals surface area (Å²) in [5.74, 6) is 0. The summed E-state index contributed by atoms with van der Waals surface area (Å²) < 4.78 is 0. The van der Waals surface area contributed by atoms with Crippen molar-refractivity contribution in [3.8, 4) is 0 Å². The molecular formula is C13H28N2. The maximum absolute atomic E-state index is 3.60. The van der Waals surface area contributed by atoms with E-state index in [2.05, 4.69) is 31.4 Å². The molecule has 1 saturated heterocycles. The Morgan fingerprint density at radius 1 is 1.27 bits per heavy atom. The van der Waals surface area contributed by atoms with Gasteiger partial charge in [-0.15, -0.1) is 0 Å². The van der Waals surface area contributed by atoms with Gasteiger partial charge >= 0.3 is 0 Å². The van der Waals surface area contributed by atoms with Crippen molar-refractivity contribution in [1.29, 1.82) is 0 Å². The molecule has 1 fully saturated rings. The van der Waals surface area contributed by atoms with E-state index in [4.69, 9.17) is 0 Å². The first-order chi connectivity index (χ1) is 7.08. The summed E-state index contributed by atoms with van der Waals surface area (Å²) in [6, 6.07) is 0.801. The van der Waals surface area contributed by atoms with E-state index in [1.807, 2.05) is 0 Å². The van der Waals surface area contributed by atoms with Crippen molar-refractivity contribution in [3.63, 3.8) is 0 Å². The Morgan fingerprint density at radius 3 is 2.67 bits per heavy atom. The van der Waals surface area contributed by atoms with Crippen LogP contribution in [0.2, 0.25) is 0 Å². The van der Waals surface area contributed by atoms with Gasteiger partial charge in [0.1, 0.15) is 0 Å². The van der Waals surface area contributed by atoms with Gasteiger partial charge in [0.25, 0.3) is 0 Å². The van der Waals surface area contributed by atoms with Crippen molar-refractivity contribution < 1.29 is 0 Å². The third-order valence-electron chi connectivity index (χ3n) is 2.97. The lowest BCUT2D eigenvalue weighted by Crippen LogP contribution is -2.35. The molecule has 1 unspecified atom stereocenters. The average molecular weight is 212 g/mol. The molecule has 0 radical (unpaired) electrons. The summed E-state index contributed by atoms with van der Waals surface area (Å²) in [6.45, 7) is 10.4. The molecule has 0 spiro atoms. The first-order valence-electron chi connectivity index (χ1n) is 6.52. The van der Waals surface area contributed by atoms with Crippen molar-refractivity contribution in [2.75, 3.05) is 19.6 Å². The van der Waals surface area contributed by atoms with Crippen LogP contribution in [0.25, 0.3) is 0 Å². The second-order valence-electron chi connectivity index (χ2n) is 6.03. The van der Waals surface area contributed by atoms with Crippen LogP contribution >= 0.6 is 0 Å². The lowest BCUT2D eigenvalue weighted by Gasteiger charge is -2.24. The fourth-order valence-electron chi connectivity index (χ4n) is 2.11. The molecule has 0 amide bonds. The average Bonchev–Trinajstić information content (AvgIpc) is 2.17. The predicted molar refractivity (Wildman–Crippen MR) is 67.2 cm³/mol. The van der Waals surface area contributed by atoms with Crippen LogP contribution in [-0.4, -0.2) is 25.7 Å². The van der Waals surface area contributed by atoms with Gasteiger partial charge in [-0.25, -0.2) is 0 Å². The largest absolute Gasteiger partial charge is 0.316 e. The van der Waals surface area contributed by atoms with E-state index >= 15 is 0 Å². The second kappa shape index (κ2) is 6.49. The molecule has 0 aliphatic carbocycles. The van der Waals surface area contributed by atoms with Crippen LogP contribution < -0.4 is 10.6 Å². The van der Waals surface area contributed by atoms with Crippen LogP contribution in [0.5, 0.6) is 0 Å². The van der Waals surface area contributed by atoms with Crippen LogP contribution in [0.3, 0.4) is 0 Å². The number of hydrogen-bond acceptors (Lipinski definition) is 2. The Morgan fingerprint density at radius 2 is 2.07 bits per heavy atom. The molecular weight excluding hydrogens is 184 g/mol. The highest BCUT2D eigenvalue weighted by atomic mass is 14.9. The van der Waals surface area contributed by atoms with Gasteiger partial charge in [-0.2, -0.15) is 0 Å². The Labute approximate surface area is 95.2 Å². The maximum atomic E-state index is 3.60. The molecule has 1 rings (SSSR count). The van der Waals surface area contributed by atoms with Gasteiger partial charge in [0.05, 0.1) is 0 Å². The van der Waals surface area contributed by atoms with Gasteiger partial charge in [0.15, 0.2) is 0 Å². The molecule has 1 atom stereocenters. The molecule has 1 heterocycles. The summed E-state index contributed by atoms with van der Waals surface area (Å²) >= 11 is 0. The molecule has 90 valence electrons. The Balaban J connectivity index is 1.92. The summed E-state index contributed by atoms with van der Waals surface area (Å²) in [5, 5.41) is 7.14. The minimum Gasteiger partial charge on any atom is -0.316 e. The smallest absolute Gasteiger partial charge is 0.00675 e. The second-order valence-corrected chi connectivity index (χ2v) is 6.03. The van der Waals surface area contributed by atoms with Gasteiger partial charge in [0, 0.05) is 6.04 Å². The van der Waals surface area contributed by atoms with Gasteiger partial charge in [-0.05, 0) is 50.7 Å². The van der Waals surface area contributed by atoms with Gasteiger partial charge < -0.3 is 10.6 Å². The van der Waals surface area contributed by atoms with E-state index in [0.717, 1.165) is 12.6 Å². The third-order valence-corrected chi connectivity index (χ3v) is 2.97. The molecule has 0 aromatic heterocycles. The molecule has 0 bridgehead atoms. The van der Waals surface area contributed by atoms with Gasteiger partial charge in [-0.3, -0.25) is 0 Å². The minimum atomic E-state index is 0.420. The first-order valence-corrected chi connectivity index (χ1v) is 6.52. The Kier molecular flexibility index (Phi) is 5.62. The molecule has 1 aliphatic rings. The fourth-order valence-corrected chi connectivity index (χ4v) is 2.11. The van der Waals surface area contributed by atoms with E-state index < -0.39 is 0 Å². The Hall–Kier alpha value is -0.0800. The lowest BCUT2D eigenvalue weighted by molar-refractivity contribution is 0.354. The molecule has 1 aliphatic heterocycles. The zero-order valence-corrected chi connectivity index (χ0v) is 10.7. The normalized spacial score (nSPS) is 23.0. The summed E-state index contributed by atoms with van der Waals surface area (Å²) in [4.78, 5) is 0. The monoisotopic (exact) mass is 212 g/mol. The first kappa shape index (κ1) is 13.0. The highest BCUT2D eigenvalue weighted by molar-refractivity contribution is 4.72. The van der Waals surface area contributed by atoms with Crippen LogP contribution in [0.1, 0.15) is 52.9 Å². The zero-order valence-electron chi connectivity index (χ0n) is 10.7. The van der Waals surface area contributed by atoms with E-state index in [0.29, 0.717) is 5.41 Å². The van der Waals surface area contributed by atoms with Crippen LogP contribution in [0, 0.1) is 5.41 Å². The zero-order chi connectivity index (χ0) is 11.1. The van der Waals surface area contributed by atoms with Crippen molar-refractivity contribution in [3.05, 3.63) is 0 Å². The van der Waals surface area contributed by atoms with E-state index in [9.17, 15) is 0 Å². The maximum Gasteiger partial charge on any atom is 0.00675 e. The van der Waals surface area contributed by atoms with Crippen LogP contribution in [0.4, 0.5) is 0 Å². The number of nitrogens with one attached hydrogen (secondary N) is 2. The molecule has 15 heavy (non-hydrogen) atoms. The van der Waals surface area contributed by atoms with E-state index in [1.165, 1.54) is 45.2 Å². The van der Waals surface area contributed by atoms with Gasteiger partial charge in [0.2, 0.25) is 0 Å². The molecule has 2 N–H and O–H groups in total. The number of rotatable bonds is 5. The standard InChI is InChI=1S/C13H28N2/c1-13(2,3)11-14-9-6-8-12-7-4-5-10-15-12/h12,14-15H,4-11H2,1-3H3. The number of piperidine rings is 1. The minimum absolute atomic E-state index is 0.420. The van der Waals surface area contributed by atoms with Crippen molar-refractivity contribution in [2.45, 2.75) is 58.9 Å². The quantitative estimate of drug-likeness (QED) is 0.684. The molecule has 2 nitrogen and oxygen atoms in total. The number of hydrogen-bond donors (Lipinski definition) is 2. The van der Waals surface area contributed by atoms with Crippen molar-refractivity contribution >= 4 is 0 Å². The molecule has 2 heteroatoms. The van der Waals surface area contributed by atoms with Crippen molar-refractivity contribution in [1.82, 2.24) is 10.6 Å². The van der Waals surface area contributed by atoms with Gasteiger partial charge in [-0.1, -0.05) is 27.2 Å². The molecule has 0 aromatic carbocycles. The van der Waals surface area contributed by atoms with E-state index in [-0.39, 0.29) is 0 Å². The van der Waals surface area contributed by atoms with Crippen LogP contribution in [-0.2, 0) is 0 Å². The molecule has 0 saturated carbocycles. The third kappa shape index (κ3) is 6.91. The highest BCUT2D eigenvalue weighted by Crippen LogP contribution is 2.12. The SMILES string of the molecule is CC(C)(C)CNCCCC1CCCCN1.